The Morgan fingerprint density at radius 1 is 1.32 bits per heavy atom. The van der Waals surface area contributed by atoms with Crippen LogP contribution in [-0.2, 0) is 7.05 Å². The molecule has 2 N–H and O–H groups in total. The van der Waals surface area contributed by atoms with Gasteiger partial charge in [-0.25, -0.2) is 0 Å². The summed E-state index contributed by atoms with van der Waals surface area (Å²) in [5.74, 6) is -0.103. The first-order valence-corrected chi connectivity index (χ1v) is 7.15. The summed E-state index contributed by atoms with van der Waals surface area (Å²) in [6.07, 6.45) is 6.06. The molecule has 2 rings (SSSR count). The van der Waals surface area contributed by atoms with Crippen LogP contribution in [0, 0.1) is 6.92 Å². The Hall–Kier alpha value is -1.29. The van der Waals surface area contributed by atoms with Gasteiger partial charge in [-0.2, -0.15) is 0 Å². The highest BCUT2D eigenvalue weighted by Gasteiger charge is 2.28. The molecule has 0 saturated heterocycles. The fourth-order valence-electron chi connectivity index (χ4n) is 2.74. The van der Waals surface area contributed by atoms with Crippen molar-refractivity contribution in [2.24, 2.45) is 7.05 Å². The van der Waals surface area contributed by atoms with Crippen molar-refractivity contribution < 1.29 is 9.90 Å². The van der Waals surface area contributed by atoms with Gasteiger partial charge in [-0.1, -0.05) is 25.7 Å². The smallest absolute Gasteiger partial charge is 0.268 e. The first-order valence-electron chi connectivity index (χ1n) is 7.15. The number of aliphatic hydroxyl groups is 1. The van der Waals surface area contributed by atoms with Crippen molar-refractivity contribution in [1.29, 1.82) is 0 Å². The molecule has 19 heavy (non-hydrogen) atoms. The highest BCUT2D eigenvalue weighted by atomic mass is 16.3. The lowest BCUT2D eigenvalue weighted by Crippen LogP contribution is -2.43. The Morgan fingerprint density at radius 3 is 2.47 bits per heavy atom. The molecule has 1 heterocycles. The number of hydrogen-bond acceptors (Lipinski definition) is 2. The summed E-state index contributed by atoms with van der Waals surface area (Å²) < 4.78 is 1.87. The zero-order valence-electron chi connectivity index (χ0n) is 11.9. The molecule has 1 aromatic rings. The summed E-state index contributed by atoms with van der Waals surface area (Å²) in [5.41, 5.74) is 0.986. The average Bonchev–Trinajstić information content (AvgIpc) is 2.61. The molecule has 1 amide bonds. The third-order valence-corrected chi connectivity index (χ3v) is 4.22. The molecule has 0 aromatic carbocycles. The molecule has 0 atom stereocenters. The lowest BCUT2D eigenvalue weighted by Gasteiger charge is -2.26. The second-order valence-corrected chi connectivity index (χ2v) is 5.74. The fourth-order valence-corrected chi connectivity index (χ4v) is 2.74. The zero-order chi connectivity index (χ0) is 13.9. The van der Waals surface area contributed by atoms with Crippen molar-refractivity contribution in [2.75, 3.05) is 6.54 Å². The van der Waals surface area contributed by atoms with Gasteiger partial charge in [0.25, 0.3) is 5.91 Å². The summed E-state index contributed by atoms with van der Waals surface area (Å²) >= 11 is 0. The number of carbonyl (C=O) groups is 1. The second-order valence-electron chi connectivity index (χ2n) is 5.74. The van der Waals surface area contributed by atoms with Gasteiger partial charge < -0.3 is 15.0 Å². The second kappa shape index (κ2) is 5.78. The van der Waals surface area contributed by atoms with Crippen LogP contribution in [-0.4, -0.2) is 27.7 Å². The summed E-state index contributed by atoms with van der Waals surface area (Å²) in [5, 5.41) is 13.4. The molecule has 106 valence electrons. The van der Waals surface area contributed by atoms with E-state index in [1.165, 1.54) is 12.8 Å². The molecule has 1 saturated carbocycles. The number of nitrogens with zero attached hydrogens (tertiary/aromatic N) is 1. The summed E-state index contributed by atoms with van der Waals surface area (Å²) in [4.78, 5) is 12.1. The van der Waals surface area contributed by atoms with E-state index in [-0.39, 0.29) is 5.91 Å². The van der Waals surface area contributed by atoms with Gasteiger partial charge in [-0.15, -0.1) is 0 Å². The van der Waals surface area contributed by atoms with Crippen LogP contribution < -0.4 is 5.32 Å². The molecule has 1 fully saturated rings. The Bertz CT molecular complexity index is 443. The van der Waals surface area contributed by atoms with Gasteiger partial charge in [-0.05, 0) is 31.9 Å². The quantitative estimate of drug-likeness (QED) is 0.822. The van der Waals surface area contributed by atoms with E-state index in [4.69, 9.17) is 0 Å². The minimum atomic E-state index is -0.716. The van der Waals surface area contributed by atoms with Crippen molar-refractivity contribution >= 4 is 5.91 Å². The van der Waals surface area contributed by atoms with Gasteiger partial charge in [0.2, 0.25) is 0 Å². The van der Waals surface area contributed by atoms with Crippen LogP contribution in [0.2, 0.25) is 0 Å². The molecule has 1 aromatic heterocycles. The van der Waals surface area contributed by atoms with Crippen molar-refractivity contribution in [3.63, 3.8) is 0 Å². The number of aromatic nitrogens is 1. The zero-order valence-corrected chi connectivity index (χ0v) is 11.9. The highest BCUT2D eigenvalue weighted by molar-refractivity contribution is 5.92. The Balaban J connectivity index is 1.94. The number of amides is 1. The third-order valence-electron chi connectivity index (χ3n) is 4.22. The van der Waals surface area contributed by atoms with Gasteiger partial charge >= 0.3 is 0 Å². The molecule has 0 spiro atoms. The van der Waals surface area contributed by atoms with Crippen LogP contribution in [0.25, 0.3) is 0 Å². The molecule has 0 unspecified atom stereocenters. The number of carbonyl (C=O) groups excluding carboxylic acids is 1. The van der Waals surface area contributed by atoms with E-state index in [0.717, 1.165) is 31.4 Å². The lowest BCUT2D eigenvalue weighted by molar-refractivity contribution is 0.0245. The van der Waals surface area contributed by atoms with Crippen LogP contribution in [0.4, 0.5) is 0 Å². The van der Waals surface area contributed by atoms with Gasteiger partial charge in [0.1, 0.15) is 5.69 Å². The lowest BCUT2D eigenvalue weighted by atomic mass is 9.94. The molecular formula is C15H24N2O2. The first-order chi connectivity index (χ1) is 9.02. The highest BCUT2D eigenvalue weighted by Crippen LogP contribution is 2.26. The summed E-state index contributed by atoms with van der Waals surface area (Å²) in [6, 6.07) is 3.75. The van der Waals surface area contributed by atoms with Gasteiger partial charge in [0.05, 0.1) is 5.60 Å². The largest absolute Gasteiger partial charge is 0.388 e. The molecular weight excluding hydrogens is 240 g/mol. The van der Waals surface area contributed by atoms with E-state index in [1.807, 2.05) is 30.7 Å². The Kier molecular flexibility index (Phi) is 4.30. The molecule has 0 radical (unpaired) electrons. The van der Waals surface area contributed by atoms with Crippen molar-refractivity contribution in [3.05, 3.63) is 23.5 Å². The van der Waals surface area contributed by atoms with Crippen molar-refractivity contribution in [3.8, 4) is 0 Å². The van der Waals surface area contributed by atoms with E-state index in [2.05, 4.69) is 5.32 Å². The molecule has 1 aliphatic carbocycles. The molecule has 0 bridgehead atoms. The normalized spacial score (nSPS) is 18.9. The maximum Gasteiger partial charge on any atom is 0.268 e. The molecule has 0 aliphatic heterocycles. The van der Waals surface area contributed by atoms with Gasteiger partial charge in [-0.3, -0.25) is 4.79 Å². The predicted molar refractivity (Wildman–Crippen MR) is 75.1 cm³/mol. The molecule has 1 aliphatic rings. The van der Waals surface area contributed by atoms with E-state index in [9.17, 15) is 9.90 Å². The first kappa shape index (κ1) is 14.1. The van der Waals surface area contributed by atoms with E-state index in [0.29, 0.717) is 12.2 Å². The number of aryl methyl sites for hydroxylation is 1. The third kappa shape index (κ3) is 3.38. The minimum absolute atomic E-state index is 0.103. The average molecular weight is 264 g/mol. The van der Waals surface area contributed by atoms with Crippen molar-refractivity contribution in [2.45, 2.75) is 51.0 Å². The number of rotatable bonds is 3. The number of hydrogen-bond donors (Lipinski definition) is 2. The van der Waals surface area contributed by atoms with Gasteiger partial charge in [0.15, 0.2) is 0 Å². The molecule has 4 nitrogen and oxygen atoms in total. The van der Waals surface area contributed by atoms with Crippen LogP contribution in [0.15, 0.2) is 12.1 Å². The SMILES string of the molecule is Cc1ccc(C(=O)NCC2(O)CCCCCC2)n1C. The fraction of sp³-hybridized carbons (Fsp3) is 0.667. The van der Waals surface area contributed by atoms with E-state index in [1.54, 1.807) is 0 Å². The standard InChI is InChI=1S/C15H24N2O2/c1-12-7-8-13(17(12)2)14(18)16-11-15(19)9-5-3-4-6-10-15/h7-8,19H,3-6,9-11H2,1-2H3,(H,16,18). The predicted octanol–water partition coefficient (Wildman–Crippen LogP) is 2.15. The number of nitrogens with one attached hydrogen (secondary N) is 1. The Morgan fingerprint density at radius 2 is 1.95 bits per heavy atom. The van der Waals surface area contributed by atoms with E-state index >= 15 is 0 Å². The van der Waals surface area contributed by atoms with Crippen molar-refractivity contribution in [1.82, 2.24) is 9.88 Å². The monoisotopic (exact) mass is 264 g/mol. The van der Waals surface area contributed by atoms with Crippen LogP contribution >= 0.6 is 0 Å². The topological polar surface area (TPSA) is 54.3 Å². The van der Waals surface area contributed by atoms with Crippen LogP contribution in [0.5, 0.6) is 0 Å². The maximum absolute atomic E-state index is 12.1. The molecule has 4 heteroatoms. The summed E-state index contributed by atoms with van der Waals surface area (Å²) in [6.45, 7) is 2.33. The van der Waals surface area contributed by atoms with Crippen LogP contribution in [0.1, 0.15) is 54.7 Å². The van der Waals surface area contributed by atoms with Crippen LogP contribution in [0.3, 0.4) is 0 Å². The van der Waals surface area contributed by atoms with E-state index < -0.39 is 5.60 Å². The minimum Gasteiger partial charge on any atom is -0.388 e. The summed E-state index contributed by atoms with van der Waals surface area (Å²) in [7, 11) is 1.88. The Labute approximate surface area is 114 Å². The van der Waals surface area contributed by atoms with Gasteiger partial charge in [0, 0.05) is 19.3 Å². The maximum atomic E-state index is 12.1.